The Morgan fingerprint density at radius 2 is 2.10 bits per heavy atom. The van der Waals surface area contributed by atoms with Gasteiger partial charge in [-0.2, -0.15) is 0 Å². The van der Waals surface area contributed by atoms with Crippen LogP contribution in [0.4, 0.5) is 0 Å². The molecule has 1 aromatic rings. The maximum Gasteiger partial charge on any atom is 0.240 e. The molecule has 1 amide bonds. The molecule has 1 N–H and O–H groups in total. The minimum absolute atomic E-state index is 0.256. The number of amides is 1. The molecule has 1 unspecified atom stereocenters. The number of hydrogen-bond donors (Lipinski definition) is 1. The van der Waals surface area contributed by atoms with Crippen LogP contribution in [-0.4, -0.2) is 43.6 Å². The Hall–Kier alpha value is -0.990. The van der Waals surface area contributed by atoms with Gasteiger partial charge in [0.15, 0.2) is 0 Å². The van der Waals surface area contributed by atoms with Crippen LogP contribution in [0, 0.1) is 0 Å². The van der Waals surface area contributed by atoms with Crippen molar-refractivity contribution < 1.29 is 13.2 Å². The summed E-state index contributed by atoms with van der Waals surface area (Å²) < 4.78 is 24.6. The first-order valence-electron chi connectivity index (χ1n) is 6.96. The molecule has 0 saturated carbocycles. The first-order valence-corrected chi connectivity index (χ1v) is 9.67. The molecule has 0 radical (unpaired) electrons. The number of thiazole rings is 1. The third-order valence-corrected chi connectivity index (χ3v) is 5.32. The molecular weight excluding hydrogens is 310 g/mol. The number of carbonyl (C=O) groups is 1. The van der Waals surface area contributed by atoms with Gasteiger partial charge in [-0.3, -0.25) is 4.79 Å². The summed E-state index contributed by atoms with van der Waals surface area (Å²) >= 11 is 1.66. The SMILES string of the molecule is CC(NS(C)(=O)=O)C(=O)N(C)Cc1nc2c(s1)CCCC2. The fraction of sp³-hybridized carbons (Fsp3) is 0.692. The number of sulfonamides is 1. The Morgan fingerprint density at radius 3 is 2.71 bits per heavy atom. The third kappa shape index (κ3) is 4.49. The van der Waals surface area contributed by atoms with E-state index in [9.17, 15) is 13.2 Å². The Balaban J connectivity index is 1.98. The second kappa shape index (κ2) is 6.41. The first-order chi connectivity index (χ1) is 9.76. The lowest BCUT2D eigenvalue weighted by molar-refractivity contribution is -0.131. The van der Waals surface area contributed by atoms with E-state index in [-0.39, 0.29) is 5.91 Å². The lowest BCUT2D eigenvalue weighted by Gasteiger charge is -2.20. The van der Waals surface area contributed by atoms with Crippen molar-refractivity contribution in [2.75, 3.05) is 13.3 Å². The fourth-order valence-corrected chi connectivity index (χ4v) is 4.41. The molecule has 2 rings (SSSR count). The summed E-state index contributed by atoms with van der Waals surface area (Å²) in [5, 5.41) is 0.921. The zero-order chi connectivity index (χ0) is 15.6. The van der Waals surface area contributed by atoms with Gasteiger partial charge in [0.2, 0.25) is 15.9 Å². The van der Waals surface area contributed by atoms with E-state index >= 15 is 0 Å². The van der Waals surface area contributed by atoms with E-state index in [1.165, 1.54) is 28.3 Å². The summed E-state index contributed by atoms with van der Waals surface area (Å²) in [4.78, 5) is 19.6. The number of rotatable bonds is 5. The molecule has 0 aliphatic heterocycles. The van der Waals surface area contributed by atoms with Crippen LogP contribution >= 0.6 is 11.3 Å². The molecule has 0 aromatic carbocycles. The minimum atomic E-state index is -3.39. The Morgan fingerprint density at radius 1 is 1.43 bits per heavy atom. The molecule has 6 nitrogen and oxygen atoms in total. The number of aryl methyl sites for hydroxylation is 2. The molecule has 1 aliphatic carbocycles. The van der Waals surface area contributed by atoms with Crippen LogP contribution < -0.4 is 4.72 Å². The van der Waals surface area contributed by atoms with Crippen molar-refractivity contribution in [1.82, 2.24) is 14.6 Å². The van der Waals surface area contributed by atoms with Crippen molar-refractivity contribution in [2.24, 2.45) is 0 Å². The van der Waals surface area contributed by atoms with Crippen LogP contribution in [0.3, 0.4) is 0 Å². The van der Waals surface area contributed by atoms with Crippen LogP contribution in [0.2, 0.25) is 0 Å². The van der Waals surface area contributed by atoms with Gasteiger partial charge in [0, 0.05) is 11.9 Å². The highest BCUT2D eigenvalue weighted by Gasteiger charge is 2.22. The van der Waals surface area contributed by atoms with E-state index in [2.05, 4.69) is 9.71 Å². The van der Waals surface area contributed by atoms with Gasteiger partial charge in [0.1, 0.15) is 5.01 Å². The molecule has 118 valence electrons. The molecule has 1 aromatic heterocycles. The van der Waals surface area contributed by atoms with Crippen molar-refractivity contribution >= 4 is 27.3 Å². The first kappa shape index (κ1) is 16.4. The van der Waals surface area contributed by atoms with Gasteiger partial charge in [-0.15, -0.1) is 11.3 Å². The molecule has 1 heterocycles. The molecule has 21 heavy (non-hydrogen) atoms. The van der Waals surface area contributed by atoms with Crippen LogP contribution in [0.5, 0.6) is 0 Å². The Kier molecular flexibility index (Phi) is 5.00. The van der Waals surface area contributed by atoms with E-state index < -0.39 is 16.1 Å². The van der Waals surface area contributed by atoms with Crippen LogP contribution in [0.25, 0.3) is 0 Å². The van der Waals surface area contributed by atoms with E-state index in [0.29, 0.717) is 6.54 Å². The minimum Gasteiger partial charge on any atom is -0.338 e. The largest absolute Gasteiger partial charge is 0.338 e. The maximum atomic E-state index is 12.1. The monoisotopic (exact) mass is 331 g/mol. The second-order valence-corrected chi connectivity index (χ2v) is 8.44. The van der Waals surface area contributed by atoms with Gasteiger partial charge >= 0.3 is 0 Å². The molecular formula is C13H21N3O3S2. The highest BCUT2D eigenvalue weighted by atomic mass is 32.2. The Bertz CT molecular complexity index is 601. The van der Waals surface area contributed by atoms with Gasteiger partial charge in [-0.1, -0.05) is 0 Å². The van der Waals surface area contributed by atoms with Crippen molar-refractivity contribution in [3.8, 4) is 0 Å². The predicted octanol–water partition coefficient (Wildman–Crippen LogP) is 0.918. The van der Waals surface area contributed by atoms with Crippen molar-refractivity contribution in [1.29, 1.82) is 0 Å². The molecule has 0 fully saturated rings. The van der Waals surface area contributed by atoms with Gasteiger partial charge in [-0.05, 0) is 32.6 Å². The summed E-state index contributed by atoms with van der Waals surface area (Å²) in [6.07, 6.45) is 5.54. The number of nitrogens with zero attached hydrogens (tertiary/aromatic N) is 2. The van der Waals surface area contributed by atoms with Gasteiger partial charge in [-0.25, -0.2) is 18.1 Å². The number of likely N-dealkylation sites (N-methyl/N-ethyl adjacent to an activating group) is 1. The summed E-state index contributed by atoms with van der Waals surface area (Å²) in [6, 6.07) is -0.764. The van der Waals surface area contributed by atoms with E-state index in [1.807, 2.05) is 0 Å². The topological polar surface area (TPSA) is 79.4 Å². The molecule has 0 saturated heterocycles. The molecule has 0 bridgehead atoms. The summed E-state index contributed by atoms with van der Waals surface area (Å²) in [5.41, 5.74) is 1.17. The van der Waals surface area contributed by atoms with Gasteiger partial charge in [0.05, 0.1) is 24.5 Å². The summed E-state index contributed by atoms with van der Waals surface area (Å²) in [7, 11) is -1.72. The summed E-state index contributed by atoms with van der Waals surface area (Å²) in [5.74, 6) is -0.256. The molecule has 0 spiro atoms. The number of nitrogens with one attached hydrogen (secondary N) is 1. The normalized spacial score (nSPS) is 16.3. The third-order valence-electron chi connectivity index (χ3n) is 3.40. The highest BCUT2D eigenvalue weighted by Crippen LogP contribution is 2.27. The van der Waals surface area contributed by atoms with Gasteiger partial charge in [0.25, 0.3) is 0 Å². The fourth-order valence-electron chi connectivity index (χ4n) is 2.46. The average Bonchev–Trinajstić information content (AvgIpc) is 2.77. The molecule has 8 heteroatoms. The van der Waals surface area contributed by atoms with E-state index in [0.717, 1.165) is 24.1 Å². The zero-order valence-electron chi connectivity index (χ0n) is 12.5. The van der Waals surface area contributed by atoms with Crippen molar-refractivity contribution in [3.05, 3.63) is 15.6 Å². The van der Waals surface area contributed by atoms with Crippen LogP contribution in [-0.2, 0) is 34.2 Å². The zero-order valence-corrected chi connectivity index (χ0v) is 14.2. The van der Waals surface area contributed by atoms with Crippen molar-refractivity contribution in [3.63, 3.8) is 0 Å². The van der Waals surface area contributed by atoms with Crippen molar-refractivity contribution in [2.45, 2.75) is 45.2 Å². The van der Waals surface area contributed by atoms with Crippen LogP contribution in [0.15, 0.2) is 0 Å². The lowest BCUT2D eigenvalue weighted by atomic mass is 10.0. The maximum absolute atomic E-state index is 12.1. The average molecular weight is 331 g/mol. The number of hydrogen-bond acceptors (Lipinski definition) is 5. The molecule has 1 atom stereocenters. The van der Waals surface area contributed by atoms with E-state index in [1.54, 1.807) is 25.3 Å². The molecule has 1 aliphatic rings. The highest BCUT2D eigenvalue weighted by molar-refractivity contribution is 7.88. The van der Waals surface area contributed by atoms with Crippen LogP contribution in [0.1, 0.15) is 35.3 Å². The number of aromatic nitrogens is 1. The standard InChI is InChI=1S/C13H21N3O3S2/c1-9(15-21(3,18)19)13(17)16(2)8-12-14-10-6-4-5-7-11(10)20-12/h9,15H,4-8H2,1-3H3. The Labute approximate surface area is 129 Å². The second-order valence-electron chi connectivity index (χ2n) is 5.49. The lowest BCUT2D eigenvalue weighted by Crippen LogP contribution is -2.44. The smallest absolute Gasteiger partial charge is 0.240 e. The van der Waals surface area contributed by atoms with Gasteiger partial charge < -0.3 is 4.90 Å². The summed E-state index contributed by atoms with van der Waals surface area (Å²) in [6.45, 7) is 1.97. The predicted molar refractivity (Wildman–Crippen MR) is 82.7 cm³/mol. The number of carbonyl (C=O) groups excluding carboxylic acids is 1. The van der Waals surface area contributed by atoms with E-state index in [4.69, 9.17) is 0 Å². The number of fused-ring (bicyclic) bond motifs is 1. The quantitative estimate of drug-likeness (QED) is 0.870.